The van der Waals surface area contributed by atoms with Gasteiger partial charge in [-0.15, -0.1) is 0 Å². The molecule has 5 rings (SSSR count). The van der Waals surface area contributed by atoms with Crippen molar-refractivity contribution in [3.8, 4) is 11.1 Å². The lowest BCUT2D eigenvalue weighted by molar-refractivity contribution is -0.181. The highest BCUT2D eigenvalue weighted by Gasteiger charge is 2.49. The lowest BCUT2D eigenvalue weighted by Crippen LogP contribution is -2.26. The largest absolute Gasteiger partial charge is 0.419 e. The van der Waals surface area contributed by atoms with E-state index in [1.807, 2.05) is 54.6 Å². The second-order valence-corrected chi connectivity index (χ2v) is 6.31. The minimum atomic E-state index is -1.20. The number of hydrogen-bond donors (Lipinski definition) is 1. The van der Waals surface area contributed by atoms with Gasteiger partial charge >= 0.3 is 5.97 Å². The smallest absolute Gasteiger partial charge is 0.341 e. The summed E-state index contributed by atoms with van der Waals surface area (Å²) in [6, 6.07) is 25.6. The topological polar surface area (TPSA) is 47.6 Å². The highest BCUT2D eigenvalue weighted by molar-refractivity contribution is 5.95. The number of carbonyl (C=O) groups is 1. The molecule has 0 amide bonds. The van der Waals surface area contributed by atoms with Crippen LogP contribution in [0.5, 0.6) is 0 Å². The number of fused-ring (bicyclic) bond motifs is 2. The van der Waals surface area contributed by atoms with Crippen LogP contribution in [0.1, 0.15) is 21.5 Å². The van der Waals surface area contributed by atoms with Crippen molar-refractivity contribution in [2.24, 2.45) is 0 Å². The van der Waals surface area contributed by atoms with Crippen molar-refractivity contribution in [3.63, 3.8) is 0 Å². The van der Waals surface area contributed by atoms with Crippen molar-refractivity contribution in [3.05, 3.63) is 102 Å². The fourth-order valence-electron chi connectivity index (χ4n) is 3.41. The van der Waals surface area contributed by atoms with Gasteiger partial charge < -0.3 is 4.74 Å². The highest BCUT2D eigenvalue weighted by Crippen LogP contribution is 2.43. The van der Waals surface area contributed by atoms with E-state index < -0.39 is 5.79 Å². The molecule has 26 heavy (non-hydrogen) atoms. The summed E-state index contributed by atoms with van der Waals surface area (Å²) in [6.07, 6.45) is 1.82. The van der Waals surface area contributed by atoms with Gasteiger partial charge in [0.1, 0.15) is 0 Å². The number of nitrogens with one attached hydrogen (secondary N) is 1. The van der Waals surface area contributed by atoms with Gasteiger partial charge in [0.05, 0.1) is 11.3 Å². The maximum atomic E-state index is 12.1. The molecule has 126 valence electrons. The van der Waals surface area contributed by atoms with E-state index in [1.165, 1.54) is 0 Å². The predicted octanol–water partition coefficient (Wildman–Crippen LogP) is 4.25. The molecule has 4 nitrogen and oxygen atoms in total. The monoisotopic (exact) mass is 341 g/mol. The van der Waals surface area contributed by atoms with Crippen LogP contribution in [0.25, 0.3) is 16.8 Å². The Kier molecular flexibility index (Phi) is 3.20. The quantitative estimate of drug-likeness (QED) is 0.708. The maximum Gasteiger partial charge on any atom is 0.341 e. The Bertz CT molecular complexity index is 1040. The standard InChI is InChI=1S/C22H15NO3/c24-21-18-11-4-5-12-19(18)22(25-21)14-20(23-26-22)17-10-6-9-16(13-17)15-7-2-1-3-8-15/h1-14,23H. The van der Waals surface area contributed by atoms with Crippen LogP contribution in [0.2, 0.25) is 0 Å². The summed E-state index contributed by atoms with van der Waals surface area (Å²) in [5.41, 5.74) is 8.16. The number of hydrogen-bond acceptors (Lipinski definition) is 4. The fraction of sp³-hybridized carbons (Fsp3) is 0.0455. The molecule has 1 spiro atoms. The normalized spacial score (nSPS) is 20.5. The molecule has 4 heteroatoms. The molecule has 3 aromatic carbocycles. The minimum absolute atomic E-state index is 0.377. The van der Waals surface area contributed by atoms with Crippen molar-refractivity contribution >= 4 is 11.7 Å². The van der Waals surface area contributed by atoms with Crippen LogP contribution in [0.3, 0.4) is 0 Å². The molecule has 1 unspecified atom stereocenters. The van der Waals surface area contributed by atoms with Gasteiger partial charge in [-0.3, -0.25) is 5.48 Å². The average Bonchev–Trinajstić information content (AvgIpc) is 3.25. The van der Waals surface area contributed by atoms with Crippen LogP contribution in [-0.2, 0) is 15.4 Å². The Balaban J connectivity index is 1.55. The zero-order chi connectivity index (χ0) is 17.6. The number of benzene rings is 3. The Labute approximate surface area is 150 Å². The van der Waals surface area contributed by atoms with Crippen LogP contribution >= 0.6 is 0 Å². The first-order valence-corrected chi connectivity index (χ1v) is 8.41. The first-order valence-electron chi connectivity index (χ1n) is 8.41. The van der Waals surface area contributed by atoms with Gasteiger partial charge in [-0.1, -0.05) is 66.7 Å². The highest BCUT2D eigenvalue weighted by atomic mass is 16.8. The van der Waals surface area contributed by atoms with Crippen molar-refractivity contribution in [1.29, 1.82) is 0 Å². The van der Waals surface area contributed by atoms with Crippen molar-refractivity contribution in [2.75, 3.05) is 0 Å². The zero-order valence-electron chi connectivity index (χ0n) is 13.8. The van der Waals surface area contributed by atoms with Crippen LogP contribution in [-0.4, -0.2) is 5.97 Å². The van der Waals surface area contributed by atoms with Crippen LogP contribution in [0, 0.1) is 0 Å². The van der Waals surface area contributed by atoms with Crippen molar-refractivity contribution in [2.45, 2.75) is 5.79 Å². The van der Waals surface area contributed by atoms with Crippen molar-refractivity contribution < 1.29 is 14.4 Å². The molecule has 0 fully saturated rings. The van der Waals surface area contributed by atoms with E-state index in [4.69, 9.17) is 9.57 Å². The molecule has 3 aromatic rings. The van der Waals surface area contributed by atoms with E-state index >= 15 is 0 Å². The van der Waals surface area contributed by atoms with E-state index in [2.05, 4.69) is 29.7 Å². The third-order valence-corrected chi connectivity index (χ3v) is 4.69. The van der Waals surface area contributed by atoms with Gasteiger partial charge in [0.2, 0.25) is 0 Å². The molecule has 2 aliphatic heterocycles. The molecule has 0 saturated heterocycles. The maximum absolute atomic E-state index is 12.1. The molecule has 1 atom stereocenters. The summed E-state index contributed by atoms with van der Waals surface area (Å²) in [5.74, 6) is -1.58. The summed E-state index contributed by atoms with van der Waals surface area (Å²) in [6.45, 7) is 0. The van der Waals surface area contributed by atoms with E-state index in [0.717, 1.165) is 22.4 Å². The second kappa shape index (κ2) is 5.58. The fourth-order valence-corrected chi connectivity index (χ4v) is 3.41. The Morgan fingerprint density at radius 2 is 1.50 bits per heavy atom. The Hall–Kier alpha value is -3.37. The van der Waals surface area contributed by atoms with E-state index in [-0.39, 0.29) is 5.97 Å². The first kappa shape index (κ1) is 14.9. The third kappa shape index (κ3) is 2.24. The molecule has 2 aliphatic rings. The number of carbonyl (C=O) groups excluding carboxylic acids is 1. The van der Waals surface area contributed by atoms with Crippen LogP contribution in [0.4, 0.5) is 0 Å². The summed E-state index contributed by atoms with van der Waals surface area (Å²) in [4.78, 5) is 17.9. The number of esters is 1. The van der Waals surface area contributed by atoms with Gasteiger partial charge in [0.15, 0.2) is 0 Å². The summed E-state index contributed by atoms with van der Waals surface area (Å²) in [5, 5.41) is 0. The molecular formula is C22H15NO3. The Morgan fingerprint density at radius 1 is 0.769 bits per heavy atom. The minimum Gasteiger partial charge on any atom is -0.419 e. The van der Waals surface area contributed by atoms with E-state index in [0.29, 0.717) is 11.1 Å². The summed E-state index contributed by atoms with van der Waals surface area (Å²) < 4.78 is 5.55. The van der Waals surface area contributed by atoms with Gasteiger partial charge in [-0.2, -0.15) is 0 Å². The zero-order valence-corrected chi connectivity index (χ0v) is 13.8. The van der Waals surface area contributed by atoms with Gasteiger partial charge in [0.25, 0.3) is 5.79 Å². The molecule has 0 radical (unpaired) electrons. The third-order valence-electron chi connectivity index (χ3n) is 4.69. The molecule has 2 heterocycles. The van der Waals surface area contributed by atoms with Gasteiger partial charge in [-0.05, 0) is 23.3 Å². The second-order valence-electron chi connectivity index (χ2n) is 6.31. The molecule has 0 bridgehead atoms. The average molecular weight is 341 g/mol. The van der Waals surface area contributed by atoms with Crippen molar-refractivity contribution in [1.82, 2.24) is 5.48 Å². The molecule has 0 aliphatic carbocycles. The van der Waals surface area contributed by atoms with E-state index in [1.54, 1.807) is 6.07 Å². The number of rotatable bonds is 2. The Morgan fingerprint density at radius 3 is 2.38 bits per heavy atom. The summed E-state index contributed by atoms with van der Waals surface area (Å²) in [7, 11) is 0. The first-order chi connectivity index (χ1) is 12.8. The van der Waals surface area contributed by atoms with Crippen LogP contribution < -0.4 is 5.48 Å². The molecule has 0 saturated carbocycles. The summed E-state index contributed by atoms with van der Waals surface area (Å²) >= 11 is 0. The van der Waals surface area contributed by atoms with Gasteiger partial charge in [-0.25, -0.2) is 9.63 Å². The molecule has 0 aromatic heterocycles. The lowest BCUT2D eigenvalue weighted by Gasteiger charge is -2.18. The number of ether oxygens (including phenoxy) is 1. The van der Waals surface area contributed by atoms with Gasteiger partial charge in [0, 0.05) is 17.2 Å². The van der Waals surface area contributed by atoms with Crippen LogP contribution in [0.15, 0.2) is 84.9 Å². The predicted molar refractivity (Wildman–Crippen MR) is 97.6 cm³/mol. The molecule has 1 N–H and O–H groups in total. The lowest BCUT2D eigenvalue weighted by atomic mass is 9.99. The SMILES string of the molecule is O=C1OC2(C=C(c3cccc(-c4ccccc4)c3)NO2)c2ccccc21. The molecular weight excluding hydrogens is 326 g/mol. The van der Waals surface area contributed by atoms with E-state index in [9.17, 15) is 4.79 Å². The number of hydroxylamine groups is 1.